The Bertz CT molecular complexity index is 824. The van der Waals surface area contributed by atoms with E-state index in [1.165, 1.54) is 12.1 Å². The predicted molar refractivity (Wildman–Crippen MR) is 83.8 cm³/mol. The number of nitrogens with zero attached hydrogens (tertiary/aromatic N) is 1. The fourth-order valence-electron chi connectivity index (χ4n) is 2.20. The summed E-state index contributed by atoms with van der Waals surface area (Å²) >= 11 is 0. The smallest absolute Gasteiger partial charge is 0.242 e. The van der Waals surface area contributed by atoms with Crippen molar-refractivity contribution in [2.24, 2.45) is 5.73 Å². The number of H-pyrrole nitrogens is 1. The van der Waals surface area contributed by atoms with Gasteiger partial charge in [0.05, 0.1) is 6.04 Å². The summed E-state index contributed by atoms with van der Waals surface area (Å²) in [6.07, 6.45) is 3.46. The lowest BCUT2D eigenvalue weighted by Gasteiger charge is -2.07. The Morgan fingerprint density at radius 3 is 2.86 bits per heavy atom. The summed E-state index contributed by atoms with van der Waals surface area (Å²) in [7, 11) is 0. The number of halogens is 1. The van der Waals surface area contributed by atoms with Crippen LogP contribution in [0.1, 0.15) is 6.92 Å². The van der Waals surface area contributed by atoms with Gasteiger partial charge in [-0.15, -0.1) is 0 Å². The van der Waals surface area contributed by atoms with Gasteiger partial charge in [0.1, 0.15) is 11.6 Å². The van der Waals surface area contributed by atoms with Gasteiger partial charge < -0.3 is 16.0 Å². The Hall–Kier alpha value is -2.73. The lowest BCUT2D eigenvalue weighted by molar-refractivity contribution is -0.117. The number of carbonyl (C=O) groups is 1. The molecule has 0 aliphatic rings. The van der Waals surface area contributed by atoms with Gasteiger partial charge >= 0.3 is 0 Å². The first-order valence-corrected chi connectivity index (χ1v) is 6.84. The lowest BCUT2D eigenvalue weighted by atomic mass is 10.1. The molecule has 0 fully saturated rings. The summed E-state index contributed by atoms with van der Waals surface area (Å²) in [5.74, 6) is -0.132. The summed E-state index contributed by atoms with van der Waals surface area (Å²) in [5, 5.41) is 3.54. The number of carbonyl (C=O) groups excluding carboxylic acids is 1. The van der Waals surface area contributed by atoms with E-state index in [-0.39, 0.29) is 11.7 Å². The number of aromatic amines is 1. The maximum atomic E-state index is 13.2. The fraction of sp³-hybridized carbons (Fsp3) is 0.125. The predicted octanol–water partition coefficient (Wildman–Crippen LogP) is 2.65. The van der Waals surface area contributed by atoms with Crippen molar-refractivity contribution in [3.8, 4) is 11.1 Å². The molecule has 0 aliphatic heterocycles. The Kier molecular flexibility index (Phi) is 3.60. The molecular formula is C16H15FN4O. The van der Waals surface area contributed by atoms with Crippen LogP contribution in [0.15, 0.2) is 42.7 Å². The van der Waals surface area contributed by atoms with E-state index in [1.54, 1.807) is 31.5 Å². The van der Waals surface area contributed by atoms with E-state index in [0.717, 1.165) is 22.0 Å². The van der Waals surface area contributed by atoms with E-state index in [2.05, 4.69) is 15.3 Å². The molecule has 1 unspecified atom stereocenters. The molecule has 0 saturated carbocycles. The molecule has 3 aromatic rings. The maximum Gasteiger partial charge on any atom is 0.242 e. The molecule has 5 nitrogen and oxygen atoms in total. The first-order valence-electron chi connectivity index (χ1n) is 6.84. The third kappa shape index (κ3) is 2.68. The van der Waals surface area contributed by atoms with Gasteiger partial charge in [-0.2, -0.15) is 0 Å². The second-order valence-corrected chi connectivity index (χ2v) is 5.10. The fourth-order valence-corrected chi connectivity index (χ4v) is 2.20. The van der Waals surface area contributed by atoms with Gasteiger partial charge in [-0.05, 0) is 37.3 Å². The number of hydrogen-bond acceptors (Lipinski definition) is 3. The first kappa shape index (κ1) is 14.2. The number of rotatable bonds is 3. The van der Waals surface area contributed by atoms with Gasteiger partial charge in [0.15, 0.2) is 0 Å². The van der Waals surface area contributed by atoms with Crippen molar-refractivity contribution in [1.29, 1.82) is 0 Å². The molecule has 0 aliphatic carbocycles. The molecule has 0 radical (unpaired) electrons. The van der Waals surface area contributed by atoms with Crippen molar-refractivity contribution in [3.63, 3.8) is 0 Å². The van der Waals surface area contributed by atoms with Gasteiger partial charge in [-0.1, -0.05) is 0 Å². The third-order valence-electron chi connectivity index (χ3n) is 3.38. The summed E-state index contributed by atoms with van der Waals surface area (Å²) in [4.78, 5) is 18.8. The number of hydrogen-bond donors (Lipinski definition) is 3. The molecule has 0 spiro atoms. The molecule has 4 N–H and O–H groups in total. The highest BCUT2D eigenvalue weighted by Crippen LogP contribution is 2.28. The van der Waals surface area contributed by atoms with Gasteiger partial charge in [0, 0.05) is 34.4 Å². The Morgan fingerprint density at radius 2 is 2.18 bits per heavy atom. The molecule has 2 aromatic heterocycles. The van der Waals surface area contributed by atoms with Crippen LogP contribution in [-0.2, 0) is 4.79 Å². The SMILES string of the molecule is CC(N)C(=O)Nc1ccc(-c2c[nH]c3cc(F)ccc23)cn1. The monoisotopic (exact) mass is 298 g/mol. The summed E-state index contributed by atoms with van der Waals surface area (Å²) in [6, 6.07) is 7.55. The second kappa shape index (κ2) is 5.57. The van der Waals surface area contributed by atoms with E-state index in [0.29, 0.717) is 5.82 Å². The van der Waals surface area contributed by atoms with Crippen molar-refractivity contribution >= 4 is 22.6 Å². The quantitative estimate of drug-likeness (QED) is 0.695. The third-order valence-corrected chi connectivity index (χ3v) is 3.38. The number of fused-ring (bicyclic) bond motifs is 1. The minimum atomic E-state index is -0.593. The van der Waals surface area contributed by atoms with Crippen LogP contribution in [-0.4, -0.2) is 21.9 Å². The summed E-state index contributed by atoms with van der Waals surface area (Å²) in [5.41, 5.74) is 8.01. The molecular weight excluding hydrogens is 283 g/mol. The molecule has 1 atom stereocenters. The Labute approximate surface area is 126 Å². The van der Waals surface area contributed by atoms with E-state index in [4.69, 9.17) is 5.73 Å². The molecule has 3 rings (SSSR count). The van der Waals surface area contributed by atoms with Crippen LogP contribution in [0.3, 0.4) is 0 Å². The average molecular weight is 298 g/mol. The second-order valence-electron chi connectivity index (χ2n) is 5.10. The largest absolute Gasteiger partial charge is 0.360 e. The zero-order chi connectivity index (χ0) is 15.7. The minimum Gasteiger partial charge on any atom is -0.360 e. The first-order chi connectivity index (χ1) is 10.5. The molecule has 0 saturated heterocycles. The van der Waals surface area contributed by atoms with Gasteiger partial charge in [-0.3, -0.25) is 4.79 Å². The van der Waals surface area contributed by atoms with Crippen LogP contribution < -0.4 is 11.1 Å². The van der Waals surface area contributed by atoms with Crippen LogP contribution in [0.4, 0.5) is 10.2 Å². The molecule has 6 heteroatoms. The maximum absolute atomic E-state index is 13.2. The summed E-state index contributed by atoms with van der Waals surface area (Å²) < 4.78 is 13.2. The van der Waals surface area contributed by atoms with Crippen molar-refractivity contribution in [1.82, 2.24) is 9.97 Å². The Morgan fingerprint density at radius 1 is 1.36 bits per heavy atom. The van der Waals surface area contributed by atoms with E-state index in [1.807, 2.05) is 6.07 Å². The Balaban J connectivity index is 1.90. The number of anilines is 1. The van der Waals surface area contributed by atoms with Gasteiger partial charge in [0.2, 0.25) is 5.91 Å². The number of pyridine rings is 1. The molecule has 2 heterocycles. The van der Waals surface area contributed by atoms with Gasteiger partial charge in [0.25, 0.3) is 0 Å². The highest BCUT2D eigenvalue weighted by atomic mass is 19.1. The molecule has 0 bridgehead atoms. The topological polar surface area (TPSA) is 83.8 Å². The standard InChI is InChI=1S/C16H15FN4O/c1-9(18)16(22)21-15-5-2-10(7-20-15)13-8-19-14-6-11(17)3-4-12(13)14/h2-9,19H,18H2,1H3,(H,20,21,22). The van der Waals surface area contributed by atoms with E-state index in [9.17, 15) is 9.18 Å². The number of nitrogens with two attached hydrogens (primary N) is 1. The van der Waals surface area contributed by atoms with E-state index >= 15 is 0 Å². The summed E-state index contributed by atoms with van der Waals surface area (Å²) in [6.45, 7) is 1.61. The van der Waals surface area contributed by atoms with Crippen molar-refractivity contribution < 1.29 is 9.18 Å². The molecule has 112 valence electrons. The van der Waals surface area contributed by atoms with Crippen molar-refractivity contribution in [2.75, 3.05) is 5.32 Å². The van der Waals surface area contributed by atoms with Crippen LogP contribution in [0, 0.1) is 5.82 Å². The lowest BCUT2D eigenvalue weighted by Crippen LogP contribution is -2.32. The zero-order valence-corrected chi connectivity index (χ0v) is 11.9. The normalized spacial score (nSPS) is 12.3. The van der Waals surface area contributed by atoms with Crippen LogP contribution in [0.2, 0.25) is 0 Å². The van der Waals surface area contributed by atoms with Crippen molar-refractivity contribution in [2.45, 2.75) is 13.0 Å². The molecule has 1 amide bonds. The minimum absolute atomic E-state index is 0.284. The number of aromatic nitrogens is 2. The van der Waals surface area contributed by atoms with Crippen LogP contribution in [0.5, 0.6) is 0 Å². The highest BCUT2D eigenvalue weighted by Gasteiger charge is 2.10. The highest BCUT2D eigenvalue weighted by molar-refractivity contribution is 5.96. The van der Waals surface area contributed by atoms with E-state index < -0.39 is 6.04 Å². The number of amides is 1. The zero-order valence-electron chi connectivity index (χ0n) is 11.9. The van der Waals surface area contributed by atoms with Crippen LogP contribution in [0.25, 0.3) is 22.0 Å². The van der Waals surface area contributed by atoms with Crippen LogP contribution >= 0.6 is 0 Å². The number of nitrogens with one attached hydrogen (secondary N) is 2. The molecule has 22 heavy (non-hydrogen) atoms. The van der Waals surface area contributed by atoms with Gasteiger partial charge in [-0.25, -0.2) is 9.37 Å². The number of benzene rings is 1. The molecule has 1 aromatic carbocycles. The average Bonchev–Trinajstić information content (AvgIpc) is 2.90. The van der Waals surface area contributed by atoms with Crippen molar-refractivity contribution in [3.05, 3.63) is 48.5 Å².